The number of nitrogens with zero attached hydrogens (tertiary/aromatic N) is 2. The number of amides is 2. The number of hydrogen-bond acceptors (Lipinski definition) is 5. The summed E-state index contributed by atoms with van der Waals surface area (Å²) < 4.78 is 5.53. The first kappa shape index (κ1) is 24.9. The maximum Gasteiger partial charge on any atom is 0.251 e. The molecule has 0 saturated carbocycles. The van der Waals surface area contributed by atoms with Gasteiger partial charge < -0.3 is 19.9 Å². The molecular weight excluding hydrogens is 430 g/mol. The maximum atomic E-state index is 13.4. The monoisotopic (exact) mass is 469 g/mol. The molecule has 4 atom stereocenters. The third kappa shape index (κ3) is 5.05. The zero-order valence-corrected chi connectivity index (χ0v) is 21.0. The maximum absolute atomic E-state index is 13.4. The molecule has 0 radical (unpaired) electrons. The van der Waals surface area contributed by atoms with Gasteiger partial charge in [0.05, 0.1) is 6.10 Å². The summed E-state index contributed by atoms with van der Waals surface area (Å²) in [6.45, 7) is 11.2. The number of carbonyl (C=O) groups is 3. The normalized spacial score (nSPS) is 25.4. The van der Waals surface area contributed by atoms with Gasteiger partial charge >= 0.3 is 0 Å². The minimum Gasteiger partial charge on any atom is -0.368 e. The molecule has 0 aliphatic carbocycles. The number of ether oxygens (including phenoxy) is 1. The van der Waals surface area contributed by atoms with Crippen molar-refractivity contribution in [3.05, 3.63) is 35.4 Å². The predicted molar refractivity (Wildman–Crippen MR) is 131 cm³/mol. The van der Waals surface area contributed by atoms with E-state index >= 15 is 0 Å². The Kier molecular flexibility index (Phi) is 7.73. The molecule has 0 spiro atoms. The van der Waals surface area contributed by atoms with Crippen molar-refractivity contribution >= 4 is 17.6 Å². The van der Waals surface area contributed by atoms with Crippen molar-refractivity contribution in [2.45, 2.75) is 83.5 Å². The van der Waals surface area contributed by atoms with E-state index in [9.17, 15) is 14.4 Å². The second-order valence-corrected chi connectivity index (χ2v) is 10.4. The predicted octanol–water partition coefficient (Wildman–Crippen LogP) is 2.99. The highest BCUT2D eigenvalue weighted by Crippen LogP contribution is 2.30. The molecule has 0 bridgehead atoms. The molecule has 7 heteroatoms. The molecule has 2 amide bonds. The molecule has 0 aromatic heterocycles. The molecule has 1 aromatic rings. The first-order chi connectivity index (χ1) is 16.3. The van der Waals surface area contributed by atoms with Crippen LogP contribution in [0.4, 0.5) is 0 Å². The highest BCUT2D eigenvalue weighted by Gasteiger charge is 2.48. The van der Waals surface area contributed by atoms with Gasteiger partial charge in [-0.1, -0.05) is 32.4 Å². The number of rotatable bonds is 7. The molecule has 186 valence electrons. The first-order valence-electron chi connectivity index (χ1n) is 12.9. The van der Waals surface area contributed by atoms with E-state index in [1.54, 1.807) is 4.90 Å². The Balaban J connectivity index is 1.41. The van der Waals surface area contributed by atoms with Crippen LogP contribution in [-0.2, 0) is 14.3 Å². The fourth-order valence-electron chi connectivity index (χ4n) is 5.58. The molecule has 3 aliphatic rings. The number of piperidine rings is 1. The molecule has 3 heterocycles. The lowest BCUT2D eigenvalue weighted by Gasteiger charge is -2.34. The molecule has 3 aliphatic heterocycles. The summed E-state index contributed by atoms with van der Waals surface area (Å²) in [5.74, 6) is 0.0150. The van der Waals surface area contributed by atoms with Crippen molar-refractivity contribution in [3.8, 4) is 0 Å². The van der Waals surface area contributed by atoms with Crippen molar-refractivity contribution in [2.75, 3.05) is 26.2 Å². The summed E-state index contributed by atoms with van der Waals surface area (Å²) in [6, 6.07) is 7.28. The largest absolute Gasteiger partial charge is 0.368 e. The molecule has 7 nitrogen and oxygen atoms in total. The van der Waals surface area contributed by atoms with Crippen LogP contribution in [0.25, 0.3) is 0 Å². The van der Waals surface area contributed by atoms with Crippen LogP contribution in [-0.4, -0.2) is 77.9 Å². The van der Waals surface area contributed by atoms with Crippen LogP contribution in [0.15, 0.2) is 24.3 Å². The molecule has 34 heavy (non-hydrogen) atoms. The number of benzene rings is 1. The van der Waals surface area contributed by atoms with Gasteiger partial charge in [0.15, 0.2) is 5.78 Å². The van der Waals surface area contributed by atoms with Gasteiger partial charge in [0.1, 0.15) is 18.7 Å². The third-order valence-corrected chi connectivity index (χ3v) is 8.06. The van der Waals surface area contributed by atoms with Crippen LogP contribution < -0.4 is 5.32 Å². The van der Waals surface area contributed by atoms with Gasteiger partial charge in [-0.3, -0.25) is 14.4 Å². The second-order valence-electron chi connectivity index (χ2n) is 10.4. The molecule has 3 saturated heterocycles. The first-order valence-corrected chi connectivity index (χ1v) is 12.9. The standard InChI is InChI=1S/C27H39N3O4/c1-5-18(4)24(27(33)30-15-12-23-25(30)22(31)16-34-23)28-26(32)21-8-6-19(7-9-21)20-10-13-29(14-11-20)17(2)3/h6-9,17-18,20,23-25H,5,10-16H2,1-4H3,(H,28,32)/t18-,23+,24?,25+/m0/s1. The summed E-state index contributed by atoms with van der Waals surface area (Å²) in [5.41, 5.74) is 1.83. The zero-order chi connectivity index (χ0) is 24.4. The highest BCUT2D eigenvalue weighted by molar-refractivity contribution is 5.99. The van der Waals surface area contributed by atoms with E-state index in [1.807, 2.05) is 26.0 Å². The van der Waals surface area contributed by atoms with Crippen molar-refractivity contribution < 1.29 is 19.1 Å². The Labute approximate surface area is 203 Å². The fourth-order valence-corrected chi connectivity index (χ4v) is 5.58. The van der Waals surface area contributed by atoms with Crippen molar-refractivity contribution in [2.24, 2.45) is 5.92 Å². The van der Waals surface area contributed by atoms with Crippen LogP contribution in [0, 0.1) is 5.92 Å². The molecule has 4 rings (SSSR count). The van der Waals surface area contributed by atoms with E-state index in [-0.39, 0.29) is 36.2 Å². The zero-order valence-electron chi connectivity index (χ0n) is 21.0. The SMILES string of the molecule is CC[C@H](C)C(NC(=O)c1ccc(C2CCN(C(C)C)CC2)cc1)C(=O)N1CC[C@H]2OCC(=O)[C@H]21. The Morgan fingerprint density at radius 2 is 1.74 bits per heavy atom. The van der Waals surface area contributed by atoms with Crippen LogP contribution in [0.1, 0.15) is 75.2 Å². The topological polar surface area (TPSA) is 79.0 Å². The Bertz CT molecular complexity index is 892. The summed E-state index contributed by atoms with van der Waals surface area (Å²) in [4.78, 5) is 43.0. The minimum atomic E-state index is -0.662. The smallest absolute Gasteiger partial charge is 0.251 e. The molecule has 3 fully saturated rings. The Hall–Kier alpha value is -2.25. The quantitative estimate of drug-likeness (QED) is 0.664. The van der Waals surface area contributed by atoms with Crippen molar-refractivity contribution in [1.29, 1.82) is 0 Å². The van der Waals surface area contributed by atoms with Gasteiger partial charge in [0.25, 0.3) is 5.91 Å². The van der Waals surface area contributed by atoms with E-state index < -0.39 is 12.1 Å². The van der Waals surface area contributed by atoms with E-state index in [0.29, 0.717) is 30.5 Å². The average molecular weight is 470 g/mol. The Morgan fingerprint density at radius 1 is 1.06 bits per heavy atom. The lowest BCUT2D eigenvalue weighted by Crippen LogP contribution is -2.54. The molecule has 1 unspecified atom stereocenters. The molecule has 1 aromatic carbocycles. The van der Waals surface area contributed by atoms with Crippen LogP contribution >= 0.6 is 0 Å². The van der Waals surface area contributed by atoms with Gasteiger partial charge in [0.2, 0.25) is 5.91 Å². The fraction of sp³-hybridized carbons (Fsp3) is 0.667. The van der Waals surface area contributed by atoms with Crippen LogP contribution in [0.2, 0.25) is 0 Å². The molecular formula is C27H39N3O4. The van der Waals surface area contributed by atoms with Gasteiger partial charge in [-0.05, 0) is 75.7 Å². The minimum absolute atomic E-state index is 0.0418. The summed E-state index contributed by atoms with van der Waals surface area (Å²) in [7, 11) is 0. The summed E-state index contributed by atoms with van der Waals surface area (Å²) in [5, 5.41) is 2.98. The second kappa shape index (κ2) is 10.6. The van der Waals surface area contributed by atoms with Gasteiger partial charge in [0, 0.05) is 18.2 Å². The number of carbonyl (C=O) groups excluding carboxylic acids is 3. The van der Waals surface area contributed by atoms with E-state index in [0.717, 1.165) is 32.4 Å². The number of likely N-dealkylation sites (tertiary alicyclic amines) is 2. The van der Waals surface area contributed by atoms with Crippen molar-refractivity contribution in [1.82, 2.24) is 15.1 Å². The lowest BCUT2D eigenvalue weighted by molar-refractivity contribution is -0.139. The number of fused-ring (bicyclic) bond motifs is 1. The van der Waals surface area contributed by atoms with Crippen LogP contribution in [0.3, 0.4) is 0 Å². The van der Waals surface area contributed by atoms with E-state index in [4.69, 9.17) is 4.74 Å². The number of ketones is 1. The average Bonchev–Trinajstić information content (AvgIpc) is 3.44. The Morgan fingerprint density at radius 3 is 2.35 bits per heavy atom. The van der Waals surface area contributed by atoms with Gasteiger partial charge in [-0.25, -0.2) is 0 Å². The summed E-state index contributed by atoms with van der Waals surface area (Å²) in [6.07, 6.45) is 3.48. The summed E-state index contributed by atoms with van der Waals surface area (Å²) >= 11 is 0. The van der Waals surface area contributed by atoms with Crippen molar-refractivity contribution in [3.63, 3.8) is 0 Å². The van der Waals surface area contributed by atoms with Gasteiger partial charge in [-0.2, -0.15) is 0 Å². The number of nitrogens with one attached hydrogen (secondary N) is 1. The highest BCUT2D eigenvalue weighted by atomic mass is 16.5. The van der Waals surface area contributed by atoms with E-state index in [1.165, 1.54) is 5.56 Å². The molecule has 1 N–H and O–H groups in total. The van der Waals surface area contributed by atoms with E-state index in [2.05, 4.69) is 36.2 Å². The third-order valence-electron chi connectivity index (χ3n) is 8.06. The lowest BCUT2D eigenvalue weighted by atomic mass is 9.88. The number of Topliss-reactive ketones (excluding diaryl/α,β-unsaturated/α-hetero) is 1. The number of hydrogen-bond donors (Lipinski definition) is 1. The van der Waals surface area contributed by atoms with Crippen LogP contribution in [0.5, 0.6) is 0 Å². The van der Waals surface area contributed by atoms with Gasteiger partial charge in [-0.15, -0.1) is 0 Å².